The lowest BCUT2D eigenvalue weighted by Gasteiger charge is -2.34. The first kappa shape index (κ1) is 18.8. The molecule has 0 bridgehead atoms. The number of methoxy groups -OCH3 is 1. The van der Waals surface area contributed by atoms with E-state index in [0.717, 1.165) is 18.2 Å². The standard InChI is InChI=1S/C17H20FNO6S/c1-25-17(22)11-2-5-15-10(8-11)6-7-19(15)26(23,24)12-3-4-14(18)13(9-12)16(20)21/h3-4,9-11,15H,2,5-8H2,1H3,(H,20,21). The molecule has 142 valence electrons. The molecule has 1 aliphatic carbocycles. The molecule has 26 heavy (non-hydrogen) atoms. The predicted molar refractivity (Wildman–Crippen MR) is 88.5 cm³/mol. The summed E-state index contributed by atoms with van der Waals surface area (Å²) >= 11 is 0. The van der Waals surface area contributed by atoms with Crippen molar-refractivity contribution >= 4 is 22.0 Å². The van der Waals surface area contributed by atoms with Gasteiger partial charge in [-0.05, 0) is 49.8 Å². The highest BCUT2D eigenvalue weighted by molar-refractivity contribution is 7.89. The van der Waals surface area contributed by atoms with Crippen molar-refractivity contribution in [3.05, 3.63) is 29.6 Å². The van der Waals surface area contributed by atoms with Crippen LogP contribution in [0.1, 0.15) is 36.0 Å². The van der Waals surface area contributed by atoms with Crippen LogP contribution < -0.4 is 0 Å². The fourth-order valence-corrected chi connectivity index (χ4v) is 5.80. The van der Waals surface area contributed by atoms with Gasteiger partial charge >= 0.3 is 11.9 Å². The average Bonchev–Trinajstić information content (AvgIpc) is 3.04. The van der Waals surface area contributed by atoms with Crippen molar-refractivity contribution in [2.45, 2.75) is 36.6 Å². The van der Waals surface area contributed by atoms with Gasteiger partial charge in [-0.2, -0.15) is 4.31 Å². The molecule has 3 atom stereocenters. The summed E-state index contributed by atoms with van der Waals surface area (Å²) in [5.41, 5.74) is -0.670. The molecule has 2 aliphatic rings. The minimum atomic E-state index is -3.94. The molecule has 2 fully saturated rings. The van der Waals surface area contributed by atoms with Crippen LogP contribution in [0.25, 0.3) is 0 Å². The van der Waals surface area contributed by atoms with Gasteiger partial charge in [-0.1, -0.05) is 0 Å². The Labute approximate surface area is 150 Å². The quantitative estimate of drug-likeness (QED) is 0.794. The smallest absolute Gasteiger partial charge is 0.338 e. The number of nitrogens with zero attached hydrogens (tertiary/aromatic N) is 1. The summed E-state index contributed by atoms with van der Waals surface area (Å²) in [6.45, 7) is 0.297. The Morgan fingerprint density at radius 3 is 2.65 bits per heavy atom. The summed E-state index contributed by atoms with van der Waals surface area (Å²) in [6.07, 6.45) is 2.29. The maximum Gasteiger partial charge on any atom is 0.338 e. The minimum absolute atomic E-state index is 0.0574. The zero-order valence-corrected chi connectivity index (χ0v) is 15.0. The lowest BCUT2D eigenvalue weighted by atomic mass is 9.78. The summed E-state index contributed by atoms with van der Waals surface area (Å²) < 4.78 is 45.7. The summed E-state index contributed by atoms with van der Waals surface area (Å²) in [4.78, 5) is 22.6. The highest BCUT2D eigenvalue weighted by Crippen LogP contribution is 2.41. The number of halogens is 1. The van der Waals surface area contributed by atoms with Crippen LogP contribution in [0.2, 0.25) is 0 Å². The van der Waals surface area contributed by atoms with E-state index in [1.807, 2.05) is 0 Å². The second kappa shape index (κ2) is 6.96. The van der Waals surface area contributed by atoms with Crippen molar-refractivity contribution in [3.63, 3.8) is 0 Å². The van der Waals surface area contributed by atoms with E-state index in [4.69, 9.17) is 9.84 Å². The highest BCUT2D eigenvalue weighted by atomic mass is 32.2. The second-order valence-corrected chi connectivity index (χ2v) is 8.60. The predicted octanol–water partition coefficient (Wildman–Crippen LogP) is 1.88. The molecule has 1 N–H and O–H groups in total. The van der Waals surface area contributed by atoms with Crippen LogP contribution in [-0.4, -0.2) is 49.5 Å². The van der Waals surface area contributed by atoms with E-state index >= 15 is 0 Å². The molecule has 0 spiro atoms. The summed E-state index contributed by atoms with van der Waals surface area (Å²) in [5.74, 6) is -2.92. The zero-order chi connectivity index (χ0) is 19.1. The zero-order valence-electron chi connectivity index (χ0n) is 14.2. The van der Waals surface area contributed by atoms with Crippen LogP contribution in [0.4, 0.5) is 4.39 Å². The van der Waals surface area contributed by atoms with Gasteiger partial charge in [0.15, 0.2) is 0 Å². The van der Waals surface area contributed by atoms with Crippen molar-refractivity contribution in [1.82, 2.24) is 4.31 Å². The van der Waals surface area contributed by atoms with Crippen LogP contribution in [0, 0.1) is 17.7 Å². The van der Waals surface area contributed by atoms with Gasteiger partial charge in [-0.25, -0.2) is 17.6 Å². The molecule has 1 heterocycles. The van der Waals surface area contributed by atoms with Crippen LogP contribution >= 0.6 is 0 Å². The topological polar surface area (TPSA) is 101 Å². The number of aromatic carboxylic acids is 1. The largest absolute Gasteiger partial charge is 0.478 e. The third-order valence-electron chi connectivity index (χ3n) is 5.34. The van der Waals surface area contributed by atoms with E-state index in [0.29, 0.717) is 32.2 Å². The summed E-state index contributed by atoms with van der Waals surface area (Å²) in [5, 5.41) is 9.02. The number of carboxylic acid groups (broad SMARTS) is 1. The molecule has 0 amide bonds. The molecular weight excluding hydrogens is 365 g/mol. The lowest BCUT2D eigenvalue weighted by molar-refractivity contribution is -0.147. The molecule has 1 saturated carbocycles. The molecule has 9 heteroatoms. The maximum absolute atomic E-state index is 13.6. The first-order chi connectivity index (χ1) is 12.3. The number of fused-ring (bicyclic) bond motifs is 1. The number of carbonyl (C=O) groups is 2. The Hall–Kier alpha value is -2.00. The van der Waals surface area contributed by atoms with Crippen molar-refractivity contribution in [2.75, 3.05) is 13.7 Å². The van der Waals surface area contributed by atoms with Gasteiger partial charge in [-0.3, -0.25) is 4.79 Å². The molecule has 1 saturated heterocycles. The van der Waals surface area contributed by atoms with Gasteiger partial charge in [0.05, 0.1) is 23.5 Å². The number of benzene rings is 1. The monoisotopic (exact) mass is 385 g/mol. The summed E-state index contributed by atoms with van der Waals surface area (Å²) in [7, 11) is -2.60. The number of carbonyl (C=O) groups excluding carboxylic acids is 1. The lowest BCUT2D eigenvalue weighted by Crippen LogP contribution is -2.41. The Kier molecular flexibility index (Phi) is 5.03. The van der Waals surface area contributed by atoms with Gasteiger partial charge < -0.3 is 9.84 Å². The minimum Gasteiger partial charge on any atom is -0.478 e. The van der Waals surface area contributed by atoms with E-state index < -0.39 is 27.4 Å². The van der Waals surface area contributed by atoms with E-state index in [2.05, 4.69) is 0 Å². The molecule has 3 unspecified atom stereocenters. The van der Waals surface area contributed by atoms with Gasteiger partial charge in [0.2, 0.25) is 10.0 Å². The normalized spacial score (nSPS) is 26.3. The van der Waals surface area contributed by atoms with Crippen LogP contribution in [0.3, 0.4) is 0 Å². The second-order valence-electron chi connectivity index (χ2n) is 6.71. The average molecular weight is 385 g/mol. The fourth-order valence-electron chi connectivity index (χ4n) is 4.04. The third kappa shape index (κ3) is 3.21. The van der Waals surface area contributed by atoms with Crippen LogP contribution in [0.5, 0.6) is 0 Å². The van der Waals surface area contributed by atoms with E-state index in [9.17, 15) is 22.4 Å². The molecule has 1 aromatic carbocycles. The van der Waals surface area contributed by atoms with E-state index in [1.165, 1.54) is 11.4 Å². The van der Waals surface area contributed by atoms with Gasteiger partial charge in [-0.15, -0.1) is 0 Å². The first-order valence-electron chi connectivity index (χ1n) is 8.38. The van der Waals surface area contributed by atoms with Crippen molar-refractivity contribution in [1.29, 1.82) is 0 Å². The molecule has 1 aliphatic heterocycles. The van der Waals surface area contributed by atoms with E-state index in [-0.39, 0.29) is 28.7 Å². The first-order valence-corrected chi connectivity index (χ1v) is 9.82. The van der Waals surface area contributed by atoms with Crippen molar-refractivity contribution < 1.29 is 32.2 Å². The van der Waals surface area contributed by atoms with Crippen LogP contribution in [0.15, 0.2) is 23.1 Å². The number of ether oxygens (including phenoxy) is 1. The SMILES string of the molecule is COC(=O)C1CCC2C(CCN2S(=O)(=O)c2ccc(F)c(C(=O)O)c2)C1. The highest BCUT2D eigenvalue weighted by Gasteiger charge is 2.45. The van der Waals surface area contributed by atoms with E-state index in [1.54, 1.807) is 0 Å². The number of carboxylic acids is 1. The molecule has 0 radical (unpaired) electrons. The van der Waals surface area contributed by atoms with Gasteiger partial charge in [0.1, 0.15) is 5.82 Å². The Balaban J connectivity index is 1.85. The van der Waals surface area contributed by atoms with Gasteiger partial charge in [0, 0.05) is 12.6 Å². The maximum atomic E-state index is 13.6. The van der Waals surface area contributed by atoms with Gasteiger partial charge in [0.25, 0.3) is 0 Å². The molecular formula is C17H20FNO6S. The molecule has 7 nitrogen and oxygen atoms in total. The number of hydrogen-bond donors (Lipinski definition) is 1. The van der Waals surface area contributed by atoms with Crippen LogP contribution in [-0.2, 0) is 19.6 Å². The molecule has 3 rings (SSSR count). The molecule has 1 aromatic rings. The fraction of sp³-hybridized carbons (Fsp3) is 0.529. The van der Waals surface area contributed by atoms with Crippen molar-refractivity contribution in [3.8, 4) is 0 Å². The number of sulfonamides is 1. The molecule has 0 aromatic heterocycles. The Morgan fingerprint density at radius 2 is 2.00 bits per heavy atom. The third-order valence-corrected chi connectivity index (χ3v) is 7.26. The number of rotatable bonds is 4. The van der Waals surface area contributed by atoms with Crippen molar-refractivity contribution in [2.24, 2.45) is 11.8 Å². The Bertz CT molecular complexity index is 840. The number of hydrogen-bond acceptors (Lipinski definition) is 5. The Morgan fingerprint density at radius 1 is 1.27 bits per heavy atom. The number of esters is 1. The summed E-state index contributed by atoms with van der Waals surface area (Å²) in [6, 6.07) is 2.57.